The van der Waals surface area contributed by atoms with Gasteiger partial charge in [0.25, 0.3) is 0 Å². The maximum atomic E-state index is 13.1. The summed E-state index contributed by atoms with van der Waals surface area (Å²) in [6, 6.07) is 10.1. The van der Waals surface area contributed by atoms with Crippen LogP contribution in [0, 0.1) is 5.82 Å². The minimum Gasteiger partial charge on any atom is -0.385 e. The third kappa shape index (κ3) is 3.07. The van der Waals surface area contributed by atoms with Gasteiger partial charge in [-0.2, -0.15) is 9.61 Å². The van der Waals surface area contributed by atoms with Crippen LogP contribution in [0.15, 0.2) is 42.6 Å². The van der Waals surface area contributed by atoms with Crippen LogP contribution in [0.2, 0.25) is 0 Å². The van der Waals surface area contributed by atoms with E-state index in [0.717, 1.165) is 35.7 Å². The molecule has 0 spiro atoms. The molecule has 3 rings (SSSR count). The summed E-state index contributed by atoms with van der Waals surface area (Å²) >= 11 is 0. The topological polar surface area (TPSA) is 51.5 Å². The predicted octanol–water partition coefficient (Wildman–Crippen LogP) is 2.98. The van der Waals surface area contributed by atoms with Crippen molar-refractivity contribution in [3.05, 3.63) is 48.4 Å². The first-order chi connectivity index (χ1) is 10.8. The summed E-state index contributed by atoms with van der Waals surface area (Å²) in [6.07, 6.45) is 2.60. The fraction of sp³-hybridized carbons (Fsp3) is 0.250. The lowest BCUT2D eigenvalue weighted by Gasteiger charge is -2.10. The number of fused-ring (bicyclic) bond motifs is 1. The van der Waals surface area contributed by atoms with Gasteiger partial charge in [0.1, 0.15) is 11.6 Å². The molecule has 2 heterocycles. The van der Waals surface area contributed by atoms with Gasteiger partial charge in [-0.05, 0) is 30.7 Å². The van der Waals surface area contributed by atoms with Crippen molar-refractivity contribution >= 4 is 11.5 Å². The number of rotatable bonds is 6. The lowest BCUT2D eigenvalue weighted by molar-refractivity contribution is 0.197. The van der Waals surface area contributed by atoms with Crippen LogP contribution in [0.25, 0.3) is 16.9 Å². The molecule has 114 valence electrons. The number of anilines is 1. The number of hydrogen-bond donors (Lipinski definition) is 1. The molecule has 1 aromatic carbocycles. The lowest BCUT2D eigenvalue weighted by Crippen LogP contribution is -2.09. The van der Waals surface area contributed by atoms with E-state index in [1.807, 2.05) is 12.1 Å². The van der Waals surface area contributed by atoms with Gasteiger partial charge in [0.2, 0.25) is 0 Å². The molecule has 0 radical (unpaired) electrons. The van der Waals surface area contributed by atoms with Crippen molar-refractivity contribution in [1.29, 1.82) is 0 Å². The quantitative estimate of drug-likeness (QED) is 0.711. The minimum absolute atomic E-state index is 0.257. The molecule has 0 saturated carbocycles. The first kappa shape index (κ1) is 14.5. The Hall–Kier alpha value is -2.47. The van der Waals surface area contributed by atoms with Gasteiger partial charge in [-0.1, -0.05) is 0 Å². The molecule has 0 amide bonds. The molecule has 0 aliphatic heterocycles. The molecule has 3 aromatic rings. The van der Waals surface area contributed by atoms with E-state index in [2.05, 4.69) is 15.4 Å². The highest BCUT2D eigenvalue weighted by molar-refractivity contribution is 5.66. The van der Waals surface area contributed by atoms with Gasteiger partial charge in [-0.15, -0.1) is 0 Å². The van der Waals surface area contributed by atoms with Crippen molar-refractivity contribution in [3.8, 4) is 11.3 Å². The standard InChI is InChI=1S/C16H17FN4O/c1-22-10-2-8-18-16-11-14(12-3-5-13(17)6-4-12)20-15-7-9-19-21(15)16/h3-7,9,11,18H,2,8,10H2,1H3. The smallest absolute Gasteiger partial charge is 0.157 e. The normalized spacial score (nSPS) is 11.0. The van der Waals surface area contributed by atoms with Crippen LogP contribution in [0.4, 0.5) is 10.2 Å². The molecule has 0 unspecified atom stereocenters. The average molecular weight is 300 g/mol. The highest BCUT2D eigenvalue weighted by Gasteiger charge is 2.08. The monoisotopic (exact) mass is 300 g/mol. The van der Waals surface area contributed by atoms with Gasteiger partial charge in [-0.25, -0.2) is 9.37 Å². The van der Waals surface area contributed by atoms with E-state index in [4.69, 9.17) is 4.74 Å². The first-order valence-corrected chi connectivity index (χ1v) is 7.11. The van der Waals surface area contributed by atoms with Crippen LogP contribution in [0.5, 0.6) is 0 Å². The summed E-state index contributed by atoms with van der Waals surface area (Å²) in [5, 5.41) is 7.60. The Bertz CT molecular complexity index is 754. The van der Waals surface area contributed by atoms with Crippen molar-refractivity contribution in [2.75, 3.05) is 25.6 Å². The van der Waals surface area contributed by atoms with Crippen LogP contribution < -0.4 is 5.32 Å². The maximum Gasteiger partial charge on any atom is 0.157 e. The van der Waals surface area contributed by atoms with Crippen LogP contribution in [0.1, 0.15) is 6.42 Å². The zero-order chi connectivity index (χ0) is 15.4. The number of halogens is 1. The molecule has 6 heteroatoms. The SMILES string of the molecule is COCCCNc1cc(-c2ccc(F)cc2)nc2ccnn12. The van der Waals surface area contributed by atoms with E-state index in [9.17, 15) is 4.39 Å². The van der Waals surface area contributed by atoms with Crippen molar-refractivity contribution in [1.82, 2.24) is 14.6 Å². The lowest BCUT2D eigenvalue weighted by atomic mass is 10.1. The fourth-order valence-corrected chi connectivity index (χ4v) is 2.24. The van der Waals surface area contributed by atoms with Crippen LogP contribution in [0.3, 0.4) is 0 Å². The molecule has 22 heavy (non-hydrogen) atoms. The molecule has 0 bridgehead atoms. The Morgan fingerprint density at radius 2 is 2.05 bits per heavy atom. The molecule has 0 aliphatic carbocycles. The second kappa shape index (κ2) is 6.53. The van der Waals surface area contributed by atoms with Crippen molar-refractivity contribution in [2.24, 2.45) is 0 Å². The van der Waals surface area contributed by atoms with Crippen LogP contribution >= 0.6 is 0 Å². The van der Waals surface area contributed by atoms with Gasteiger partial charge in [0, 0.05) is 38.0 Å². The number of benzene rings is 1. The number of aromatic nitrogens is 3. The second-order valence-electron chi connectivity index (χ2n) is 4.91. The van der Waals surface area contributed by atoms with E-state index < -0.39 is 0 Å². The van der Waals surface area contributed by atoms with Gasteiger partial charge in [0.05, 0.1) is 11.9 Å². The summed E-state index contributed by atoms with van der Waals surface area (Å²) < 4.78 is 19.9. The summed E-state index contributed by atoms with van der Waals surface area (Å²) in [5.74, 6) is 0.595. The number of ether oxygens (including phenoxy) is 1. The number of nitrogens with one attached hydrogen (secondary N) is 1. The van der Waals surface area contributed by atoms with E-state index in [0.29, 0.717) is 6.61 Å². The molecule has 5 nitrogen and oxygen atoms in total. The Morgan fingerprint density at radius 3 is 2.82 bits per heavy atom. The van der Waals surface area contributed by atoms with E-state index in [1.165, 1.54) is 12.1 Å². The Kier molecular flexibility index (Phi) is 4.29. The highest BCUT2D eigenvalue weighted by atomic mass is 19.1. The zero-order valence-electron chi connectivity index (χ0n) is 12.3. The summed E-state index contributed by atoms with van der Waals surface area (Å²) in [7, 11) is 1.69. The molecule has 2 aromatic heterocycles. The largest absolute Gasteiger partial charge is 0.385 e. The zero-order valence-corrected chi connectivity index (χ0v) is 12.3. The summed E-state index contributed by atoms with van der Waals surface area (Å²) in [6.45, 7) is 1.47. The van der Waals surface area contributed by atoms with Crippen molar-refractivity contribution in [3.63, 3.8) is 0 Å². The van der Waals surface area contributed by atoms with Crippen LogP contribution in [-0.2, 0) is 4.74 Å². The number of methoxy groups -OCH3 is 1. The van der Waals surface area contributed by atoms with Gasteiger partial charge in [-0.3, -0.25) is 0 Å². The van der Waals surface area contributed by atoms with Crippen molar-refractivity contribution in [2.45, 2.75) is 6.42 Å². The van der Waals surface area contributed by atoms with E-state index in [-0.39, 0.29) is 5.82 Å². The third-order valence-corrected chi connectivity index (χ3v) is 3.33. The molecule has 1 N–H and O–H groups in total. The summed E-state index contributed by atoms with van der Waals surface area (Å²) in [4.78, 5) is 4.55. The molecule has 0 saturated heterocycles. The minimum atomic E-state index is -0.257. The molecular weight excluding hydrogens is 283 g/mol. The van der Waals surface area contributed by atoms with Crippen molar-refractivity contribution < 1.29 is 9.13 Å². The molecular formula is C16H17FN4O. The maximum absolute atomic E-state index is 13.1. The Labute approximate surface area is 127 Å². The third-order valence-electron chi connectivity index (χ3n) is 3.33. The van der Waals surface area contributed by atoms with Gasteiger partial charge >= 0.3 is 0 Å². The summed E-state index contributed by atoms with van der Waals surface area (Å²) in [5.41, 5.74) is 2.39. The first-order valence-electron chi connectivity index (χ1n) is 7.11. The van der Waals surface area contributed by atoms with E-state index >= 15 is 0 Å². The van der Waals surface area contributed by atoms with Gasteiger partial charge in [0.15, 0.2) is 5.65 Å². The number of hydrogen-bond acceptors (Lipinski definition) is 4. The molecule has 0 fully saturated rings. The Morgan fingerprint density at radius 1 is 1.23 bits per heavy atom. The van der Waals surface area contributed by atoms with E-state index in [1.54, 1.807) is 30.0 Å². The Balaban J connectivity index is 1.92. The average Bonchev–Trinajstić information content (AvgIpc) is 3.00. The molecule has 0 atom stereocenters. The highest BCUT2D eigenvalue weighted by Crippen LogP contribution is 2.22. The predicted molar refractivity (Wildman–Crippen MR) is 83.4 cm³/mol. The molecule has 0 aliphatic rings. The fourth-order valence-electron chi connectivity index (χ4n) is 2.24. The van der Waals surface area contributed by atoms with Crippen LogP contribution in [-0.4, -0.2) is 34.9 Å². The van der Waals surface area contributed by atoms with Gasteiger partial charge < -0.3 is 10.1 Å². The second-order valence-corrected chi connectivity index (χ2v) is 4.91. The number of nitrogens with zero attached hydrogens (tertiary/aromatic N) is 3.